The van der Waals surface area contributed by atoms with Gasteiger partial charge in [-0.1, -0.05) is 24.3 Å². The van der Waals surface area contributed by atoms with Crippen LogP contribution in [0.3, 0.4) is 0 Å². The SMILES string of the molecule is COC(=O)C1=C(c2ccccc2C)c2nccc(C)c2C1=O. The number of ketones is 1. The molecule has 4 heteroatoms. The Bertz CT molecular complexity index is 834. The number of carbonyl (C=O) groups excluding carboxylic acids is 2. The number of aromatic nitrogens is 1. The van der Waals surface area contributed by atoms with Crippen LogP contribution in [0, 0.1) is 13.8 Å². The molecule has 110 valence electrons. The first-order valence-corrected chi connectivity index (χ1v) is 6.95. The van der Waals surface area contributed by atoms with Gasteiger partial charge in [-0.25, -0.2) is 4.79 Å². The number of benzene rings is 1. The second kappa shape index (κ2) is 5.22. The first-order valence-electron chi connectivity index (χ1n) is 6.95. The van der Waals surface area contributed by atoms with Crippen molar-refractivity contribution in [1.82, 2.24) is 4.98 Å². The molecule has 1 aliphatic rings. The topological polar surface area (TPSA) is 56.3 Å². The van der Waals surface area contributed by atoms with Crippen LogP contribution in [0.1, 0.15) is 32.7 Å². The zero-order valence-corrected chi connectivity index (χ0v) is 12.6. The van der Waals surface area contributed by atoms with E-state index in [4.69, 9.17) is 4.74 Å². The molecule has 1 heterocycles. The highest BCUT2D eigenvalue weighted by Gasteiger charge is 2.37. The minimum absolute atomic E-state index is 0.0635. The summed E-state index contributed by atoms with van der Waals surface area (Å²) in [7, 11) is 1.28. The summed E-state index contributed by atoms with van der Waals surface area (Å²) in [5.41, 5.74) is 4.28. The summed E-state index contributed by atoms with van der Waals surface area (Å²) in [5, 5.41) is 0. The number of carbonyl (C=O) groups is 2. The van der Waals surface area contributed by atoms with E-state index < -0.39 is 5.97 Å². The Hall–Kier alpha value is -2.75. The molecule has 0 atom stereocenters. The van der Waals surface area contributed by atoms with E-state index in [0.29, 0.717) is 16.8 Å². The molecule has 0 fully saturated rings. The smallest absolute Gasteiger partial charge is 0.342 e. The number of pyridine rings is 1. The van der Waals surface area contributed by atoms with Gasteiger partial charge < -0.3 is 4.74 Å². The van der Waals surface area contributed by atoms with E-state index in [1.807, 2.05) is 38.1 Å². The molecule has 0 saturated heterocycles. The Labute approximate surface area is 128 Å². The second-order valence-electron chi connectivity index (χ2n) is 5.24. The third-order valence-corrected chi connectivity index (χ3v) is 3.90. The Morgan fingerprint density at radius 1 is 1.09 bits per heavy atom. The monoisotopic (exact) mass is 293 g/mol. The van der Waals surface area contributed by atoms with Gasteiger partial charge in [-0.05, 0) is 36.6 Å². The summed E-state index contributed by atoms with van der Waals surface area (Å²) in [6.45, 7) is 3.78. The van der Waals surface area contributed by atoms with Crippen molar-refractivity contribution in [2.45, 2.75) is 13.8 Å². The van der Waals surface area contributed by atoms with Gasteiger partial charge in [-0.15, -0.1) is 0 Å². The van der Waals surface area contributed by atoms with Gasteiger partial charge >= 0.3 is 5.97 Å². The molecule has 0 unspecified atom stereocenters. The average Bonchev–Trinajstić information content (AvgIpc) is 2.81. The summed E-state index contributed by atoms with van der Waals surface area (Å²) in [6, 6.07) is 9.39. The van der Waals surface area contributed by atoms with E-state index in [1.54, 1.807) is 12.3 Å². The van der Waals surface area contributed by atoms with E-state index in [2.05, 4.69) is 4.98 Å². The first-order chi connectivity index (χ1) is 10.6. The van der Waals surface area contributed by atoms with Crippen LogP contribution in [0.25, 0.3) is 5.57 Å². The van der Waals surface area contributed by atoms with E-state index in [1.165, 1.54) is 7.11 Å². The molecule has 0 aliphatic heterocycles. The fourth-order valence-corrected chi connectivity index (χ4v) is 2.80. The van der Waals surface area contributed by atoms with Crippen molar-refractivity contribution in [3.8, 4) is 0 Å². The Kier molecular flexibility index (Phi) is 3.37. The number of ether oxygens (including phenoxy) is 1. The summed E-state index contributed by atoms with van der Waals surface area (Å²) >= 11 is 0. The highest BCUT2D eigenvalue weighted by Crippen LogP contribution is 2.39. The van der Waals surface area contributed by atoms with E-state index >= 15 is 0 Å². The third-order valence-electron chi connectivity index (χ3n) is 3.90. The third kappa shape index (κ3) is 1.96. The van der Waals surface area contributed by atoms with Gasteiger partial charge in [0.05, 0.1) is 18.4 Å². The first kappa shape index (κ1) is 14.2. The van der Waals surface area contributed by atoms with Gasteiger partial charge in [0, 0.05) is 11.8 Å². The zero-order chi connectivity index (χ0) is 15.9. The van der Waals surface area contributed by atoms with Crippen LogP contribution in [0.4, 0.5) is 0 Å². The van der Waals surface area contributed by atoms with Gasteiger partial charge in [0.15, 0.2) is 0 Å². The Balaban J connectivity index is 2.38. The number of methoxy groups -OCH3 is 1. The molecule has 1 aromatic heterocycles. The number of Topliss-reactive ketones (excluding diaryl/α,β-unsaturated/α-hetero) is 1. The lowest BCUT2D eigenvalue weighted by atomic mass is 9.96. The highest BCUT2D eigenvalue weighted by atomic mass is 16.5. The normalized spacial score (nSPS) is 13.3. The minimum Gasteiger partial charge on any atom is -0.465 e. The minimum atomic E-state index is -0.624. The zero-order valence-electron chi connectivity index (χ0n) is 12.6. The van der Waals surface area contributed by atoms with Crippen LogP contribution >= 0.6 is 0 Å². The van der Waals surface area contributed by atoms with E-state index in [0.717, 1.165) is 16.7 Å². The van der Waals surface area contributed by atoms with Gasteiger partial charge in [0.1, 0.15) is 5.57 Å². The predicted octanol–water partition coefficient (Wildman–Crippen LogP) is 2.87. The molecule has 0 saturated carbocycles. The Morgan fingerprint density at radius 2 is 1.82 bits per heavy atom. The molecule has 0 amide bonds. The fourth-order valence-electron chi connectivity index (χ4n) is 2.80. The number of nitrogens with zero attached hydrogens (tertiary/aromatic N) is 1. The van der Waals surface area contributed by atoms with E-state index in [9.17, 15) is 9.59 Å². The number of aryl methyl sites for hydroxylation is 2. The maximum Gasteiger partial charge on any atom is 0.342 e. The summed E-state index contributed by atoms with van der Waals surface area (Å²) in [6.07, 6.45) is 1.65. The van der Waals surface area contributed by atoms with Crippen LogP contribution in [-0.2, 0) is 9.53 Å². The van der Waals surface area contributed by atoms with Crippen molar-refractivity contribution in [1.29, 1.82) is 0 Å². The van der Waals surface area contributed by atoms with Gasteiger partial charge in [0.2, 0.25) is 5.78 Å². The average molecular weight is 293 g/mol. The number of hydrogen-bond acceptors (Lipinski definition) is 4. The molecule has 0 radical (unpaired) electrons. The number of hydrogen-bond donors (Lipinski definition) is 0. The standard InChI is InChI=1S/C18H15NO3/c1-10-6-4-5-7-12(10)14-15(18(21)22-3)17(20)13-11(2)8-9-19-16(13)14/h4-9H,1-3H3. The number of rotatable bonds is 2. The van der Waals surface area contributed by atoms with Crippen LogP contribution in [-0.4, -0.2) is 23.8 Å². The molecule has 0 bridgehead atoms. The second-order valence-corrected chi connectivity index (χ2v) is 5.24. The highest BCUT2D eigenvalue weighted by molar-refractivity contribution is 6.35. The van der Waals surface area contributed by atoms with E-state index in [-0.39, 0.29) is 11.4 Å². The molecule has 4 nitrogen and oxygen atoms in total. The fraction of sp³-hybridized carbons (Fsp3) is 0.167. The predicted molar refractivity (Wildman–Crippen MR) is 82.5 cm³/mol. The van der Waals surface area contributed by atoms with Crippen LogP contribution in [0.5, 0.6) is 0 Å². The van der Waals surface area contributed by atoms with Crippen LogP contribution in [0.2, 0.25) is 0 Å². The summed E-state index contributed by atoms with van der Waals surface area (Å²) < 4.78 is 4.82. The quantitative estimate of drug-likeness (QED) is 0.631. The van der Waals surface area contributed by atoms with Crippen molar-refractivity contribution >= 4 is 17.3 Å². The molecular weight excluding hydrogens is 278 g/mol. The molecule has 1 aromatic carbocycles. The molecule has 3 rings (SSSR count). The number of esters is 1. The van der Waals surface area contributed by atoms with Crippen molar-refractivity contribution in [2.75, 3.05) is 7.11 Å². The van der Waals surface area contributed by atoms with Crippen molar-refractivity contribution in [3.63, 3.8) is 0 Å². The lowest BCUT2D eigenvalue weighted by Crippen LogP contribution is -2.13. The van der Waals surface area contributed by atoms with Crippen molar-refractivity contribution < 1.29 is 14.3 Å². The van der Waals surface area contributed by atoms with Crippen LogP contribution < -0.4 is 0 Å². The number of fused-ring (bicyclic) bond motifs is 1. The maximum absolute atomic E-state index is 12.7. The van der Waals surface area contributed by atoms with Crippen LogP contribution in [0.15, 0.2) is 42.1 Å². The molecular formula is C18H15NO3. The Morgan fingerprint density at radius 3 is 2.50 bits per heavy atom. The largest absolute Gasteiger partial charge is 0.465 e. The van der Waals surface area contributed by atoms with Crippen molar-refractivity contribution in [3.05, 3.63) is 70.0 Å². The lowest BCUT2D eigenvalue weighted by Gasteiger charge is -2.09. The molecule has 2 aromatic rings. The van der Waals surface area contributed by atoms with Gasteiger partial charge in [0.25, 0.3) is 0 Å². The lowest BCUT2D eigenvalue weighted by molar-refractivity contribution is -0.135. The molecule has 0 N–H and O–H groups in total. The molecule has 22 heavy (non-hydrogen) atoms. The van der Waals surface area contributed by atoms with Gasteiger partial charge in [-0.3, -0.25) is 9.78 Å². The molecule has 0 spiro atoms. The van der Waals surface area contributed by atoms with Gasteiger partial charge in [-0.2, -0.15) is 0 Å². The van der Waals surface area contributed by atoms with Crippen molar-refractivity contribution in [2.24, 2.45) is 0 Å². The molecule has 1 aliphatic carbocycles. The summed E-state index contributed by atoms with van der Waals surface area (Å²) in [4.78, 5) is 29.2. The summed E-state index contributed by atoms with van der Waals surface area (Å²) in [5.74, 6) is -0.939. The maximum atomic E-state index is 12.7.